The maximum absolute atomic E-state index is 12.4. The highest BCUT2D eigenvalue weighted by molar-refractivity contribution is 5.88. The van der Waals surface area contributed by atoms with E-state index in [1.54, 1.807) is 0 Å². The van der Waals surface area contributed by atoms with Crippen LogP contribution in [0.3, 0.4) is 0 Å². The molecule has 1 aliphatic rings. The highest BCUT2D eigenvalue weighted by Gasteiger charge is 2.25. The smallest absolute Gasteiger partial charge is 0.242 e. The molecule has 0 bridgehead atoms. The number of nitrogens with one attached hydrogen (secondary N) is 2. The van der Waals surface area contributed by atoms with Crippen LogP contribution in [0, 0.1) is 11.8 Å². The van der Waals surface area contributed by atoms with E-state index in [1.807, 2.05) is 44.2 Å². The molecule has 2 rings (SSSR count). The van der Waals surface area contributed by atoms with Gasteiger partial charge in [-0.15, -0.1) is 0 Å². The molecular formula is C18H26N2O3. The number of hydrogen-bond acceptors (Lipinski definition) is 3. The van der Waals surface area contributed by atoms with Crippen LogP contribution in [0.5, 0.6) is 0 Å². The quantitative estimate of drug-likeness (QED) is 0.801. The summed E-state index contributed by atoms with van der Waals surface area (Å²) in [6.07, 6.45) is 1.26. The third kappa shape index (κ3) is 5.67. The molecule has 2 amide bonds. The van der Waals surface area contributed by atoms with Gasteiger partial charge in [-0.05, 0) is 17.9 Å². The fraction of sp³-hybridized carbons (Fsp3) is 0.556. The molecule has 5 nitrogen and oxygen atoms in total. The van der Waals surface area contributed by atoms with Crippen molar-refractivity contribution in [3.05, 3.63) is 35.9 Å². The number of ether oxygens (including phenoxy) is 1. The fourth-order valence-corrected chi connectivity index (χ4v) is 2.64. The molecule has 0 radical (unpaired) electrons. The van der Waals surface area contributed by atoms with Gasteiger partial charge in [0, 0.05) is 19.1 Å². The van der Waals surface area contributed by atoms with Crippen molar-refractivity contribution in [2.75, 3.05) is 19.8 Å². The van der Waals surface area contributed by atoms with E-state index in [2.05, 4.69) is 10.6 Å². The molecule has 5 heteroatoms. The van der Waals surface area contributed by atoms with Crippen molar-refractivity contribution in [2.45, 2.75) is 32.7 Å². The molecule has 23 heavy (non-hydrogen) atoms. The lowest BCUT2D eigenvalue weighted by molar-refractivity contribution is -0.129. The van der Waals surface area contributed by atoms with Gasteiger partial charge in [0.2, 0.25) is 11.8 Å². The number of amides is 2. The van der Waals surface area contributed by atoms with Gasteiger partial charge in [-0.3, -0.25) is 9.59 Å². The van der Waals surface area contributed by atoms with E-state index in [0.29, 0.717) is 19.1 Å². The summed E-state index contributed by atoms with van der Waals surface area (Å²) in [5.74, 6) is 0.170. The van der Waals surface area contributed by atoms with Gasteiger partial charge in [-0.2, -0.15) is 0 Å². The predicted octanol–water partition coefficient (Wildman–Crippen LogP) is 1.52. The second-order valence-corrected chi connectivity index (χ2v) is 6.43. The molecule has 1 heterocycles. The van der Waals surface area contributed by atoms with Crippen LogP contribution in [0.1, 0.15) is 25.8 Å². The molecule has 0 aliphatic carbocycles. The maximum Gasteiger partial charge on any atom is 0.242 e. The van der Waals surface area contributed by atoms with E-state index in [0.717, 1.165) is 18.6 Å². The first-order chi connectivity index (χ1) is 11.1. The molecule has 0 aromatic heterocycles. The van der Waals surface area contributed by atoms with Gasteiger partial charge in [0.25, 0.3) is 0 Å². The fourth-order valence-electron chi connectivity index (χ4n) is 2.64. The highest BCUT2D eigenvalue weighted by Crippen LogP contribution is 2.11. The predicted molar refractivity (Wildman–Crippen MR) is 88.9 cm³/mol. The molecule has 1 aliphatic heterocycles. The summed E-state index contributed by atoms with van der Waals surface area (Å²) in [6, 6.07) is 9.03. The van der Waals surface area contributed by atoms with E-state index >= 15 is 0 Å². The Balaban J connectivity index is 1.84. The van der Waals surface area contributed by atoms with E-state index in [9.17, 15) is 9.59 Å². The minimum absolute atomic E-state index is 0.0366. The zero-order valence-corrected chi connectivity index (χ0v) is 13.9. The monoisotopic (exact) mass is 318 g/mol. The van der Waals surface area contributed by atoms with E-state index < -0.39 is 6.04 Å². The van der Waals surface area contributed by atoms with Crippen molar-refractivity contribution in [3.63, 3.8) is 0 Å². The summed E-state index contributed by atoms with van der Waals surface area (Å²) in [5.41, 5.74) is 0.941. The normalized spacial score (nSPS) is 18.7. The molecule has 1 saturated heterocycles. The van der Waals surface area contributed by atoms with E-state index in [4.69, 9.17) is 4.74 Å². The molecule has 1 aromatic carbocycles. The molecule has 0 saturated carbocycles. The summed E-state index contributed by atoms with van der Waals surface area (Å²) >= 11 is 0. The molecule has 126 valence electrons. The van der Waals surface area contributed by atoms with Gasteiger partial charge >= 0.3 is 0 Å². The van der Waals surface area contributed by atoms with E-state index in [1.165, 1.54) is 0 Å². The van der Waals surface area contributed by atoms with Gasteiger partial charge in [-0.25, -0.2) is 0 Å². The van der Waals surface area contributed by atoms with Crippen LogP contribution < -0.4 is 10.6 Å². The summed E-state index contributed by atoms with van der Waals surface area (Å²) in [5, 5.41) is 5.80. The minimum Gasteiger partial charge on any atom is -0.381 e. The van der Waals surface area contributed by atoms with Crippen LogP contribution in [-0.4, -0.2) is 37.6 Å². The van der Waals surface area contributed by atoms with Crippen LogP contribution >= 0.6 is 0 Å². The summed E-state index contributed by atoms with van der Waals surface area (Å²) in [7, 11) is 0. The third-order valence-corrected chi connectivity index (χ3v) is 4.06. The molecule has 0 unspecified atom stereocenters. The topological polar surface area (TPSA) is 67.4 Å². The Labute approximate surface area is 137 Å². The molecule has 0 spiro atoms. The van der Waals surface area contributed by atoms with Crippen molar-refractivity contribution in [3.8, 4) is 0 Å². The first-order valence-corrected chi connectivity index (χ1v) is 8.25. The first kappa shape index (κ1) is 17.5. The minimum atomic E-state index is -0.506. The Hall–Kier alpha value is -1.88. The third-order valence-electron chi connectivity index (χ3n) is 4.06. The summed E-state index contributed by atoms with van der Waals surface area (Å²) < 4.78 is 5.31. The Morgan fingerprint density at radius 3 is 2.61 bits per heavy atom. The maximum atomic E-state index is 12.4. The number of hydrogen-bond donors (Lipinski definition) is 2. The first-order valence-electron chi connectivity index (χ1n) is 8.25. The SMILES string of the molecule is CC(C)[C@H](NC(=O)Cc1ccccc1)C(=O)NC[C@H]1CCOC1. The van der Waals surface area contributed by atoms with Gasteiger partial charge in [0.05, 0.1) is 13.0 Å². The van der Waals surface area contributed by atoms with Crippen molar-refractivity contribution in [1.29, 1.82) is 0 Å². The average Bonchev–Trinajstić information content (AvgIpc) is 3.04. The lowest BCUT2D eigenvalue weighted by Gasteiger charge is -2.22. The standard InChI is InChI=1S/C18H26N2O3/c1-13(2)17(18(22)19-11-15-8-9-23-12-15)20-16(21)10-14-6-4-3-5-7-14/h3-7,13,15,17H,8-12H2,1-2H3,(H,19,22)(H,20,21)/t15-,17+/m1/s1. The summed E-state index contributed by atoms with van der Waals surface area (Å²) in [6.45, 7) is 5.95. The van der Waals surface area contributed by atoms with Crippen LogP contribution in [-0.2, 0) is 20.7 Å². The lowest BCUT2D eigenvalue weighted by Crippen LogP contribution is -2.50. The van der Waals surface area contributed by atoms with E-state index in [-0.39, 0.29) is 24.2 Å². The number of carbonyl (C=O) groups is 2. The van der Waals surface area contributed by atoms with Gasteiger partial charge in [0.1, 0.15) is 6.04 Å². The molecule has 1 aromatic rings. The van der Waals surface area contributed by atoms with Crippen LogP contribution in [0.2, 0.25) is 0 Å². The van der Waals surface area contributed by atoms with Crippen LogP contribution in [0.15, 0.2) is 30.3 Å². The van der Waals surface area contributed by atoms with Crippen molar-refractivity contribution in [2.24, 2.45) is 11.8 Å². The number of carbonyl (C=O) groups excluding carboxylic acids is 2. The van der Waals surface area contributed by atoms with Gasteiger partial charge in [0.15, 0.2) is 0 Å². The van der Waals surface area contributed by atoms with Crippen LogP contribution in [0.25, 0.3) is 0 Å². The Morgan fingerprint density at radius 2 is 2.00 bits per heavy atom. The Kier molecular flexibility index (Phi) is 6.59. The Bertz CT molecular complexity index is 510. The average molecular weight is 318 g/mol. The van der Waals surface area contributed by atoms with Crippen molar-refractivity contribution >= 4 is 11.8 Å². The second-order valence-electron chi connectivity index (χ2n) is 6.43. The zero-order valence-electron chi connectivity index (χ0n) is 13.9. The largest absolute Gasteiger partial charge is 0.381 e. The summed E-state index contributed by atoms with van der Waals surface area (Å²) in [4.78, 5) is 24.5. The molecular weight excluding hydrogens is 292 g/mol. The Morgan fingerprint density at radius 1 is 1.26 bits per heavy atom. The van der Waals surface area contributed by atoms with Gasteiger partial charge < -0.3 is 15.4 Å². The van der Waals surface area contributed by atoms with Gasteiger partial charge in [-0.1, -0.05) is 44.2 Å². The highest BCUT2D eigenvalue weighted by atomic mass is 16.5. The molecule has 1 fully saturated rings. The zero-order chi connectivity index (χ0) is 16.7. The van der Waals surface area contributed by atoms with Crippen molar-refractivity contribution < 1.29 is 14.3 Å². The molecule has 2 atom stereocenters. The lowest BCUT2D eigenvalue weighted by atomic mass is 10.0. The second kappa shape index (κ2) is 8.67. The number of rotatable bonds is 7. The van der Waals surface area contributed by atoms with Crippen LogP contribution in [0.4, 0.5) is 0 Å². The molecule has 2 N–H and O–H groups in total. The van der Waals surface area contributed by atoms with Crippen molar-refractivity contribution in [1.82, 2.24) is 10.6 Å². The number of benzene rings is 1.